The first-order valence-electron chi connectivity index (χ1n) is 13.9. The zero-order chi connectivity index (χ0) is 29.9. The summed E-state index contributed by atoms with van der Waals surface area (Å²) in [5.74, 6) is -1.83. The first kappa shape index (κ1) is 35.5. The van der Waals surface area contributed by atoms with E-state index in [0.29, 0.717) is 12.8 Å². The third kappa shape index (κ3) is 12.3. The molecule has 9 heteroatoms. The monoisotopic (exact) mass is 616 g/mol. The van der Waals surface area contributed by atoms with Crippen molar-refractivity contribution in [3.63, 3.8) is 0 Å². The molecule has 0 fully saturated rings. The summed E-state index contributed by atoms with van der Waals surface area (Å²) in [5.41, 5.74) is 0.784. The average molecular weight is 618 g/mol. The molecule has 8 nitrogen and oxygen atoms in total. The van der Waals surface area contributed by atoms with Crippen LogP contribution < -0.4 is 0 Å². The molecule has 0 aromatic carbocycles. The van der Waals surface area contributed by atoms with E-state index >= 15 is 0 Å². The summed E-state index contributed by atoms with van der Waals surface area (Å²) in [6.07, 6.45) is 5.56. The van der Waals surface area contributed by atoms with E-state index in [1.807, 2.05) is 58.9 Å². The highest BCUT2D eigenvalue weighted by molar-refractivity contribution is 9.09. The Bertz CT molecular complexity index is 856. The fourth-order valence-electron chi connectivity index (χ4n) is 4.71. The molecule has 39 heavy (non-hydrogen) atoms. The van der Waals surface area contributed by atoms with Gasteiger partial charge in [-0.1, -0.05) is 74.9 Å². The van der Waals surface area contributed by atoms with E-state index in [-0.39, 0.29) is 35.4 Å². The van der Waals surface area contributed by atoms with E-state index in [4.69, 9.17) is 9.47 Å². The van der Waals surface area contributed by atoms with Crippen molar-refractivity contribution < 1.29 is 39.5 Å². The summed E-state index contributed by atoms with van der Waals surface area (Å²) in [6.45, 7) is 12.6. The number of alkyl halides is 1. The maximum Gasteiger partial charge on any atom is 0.309 e. The van der Waals surface area contributed by atoms with Gasteiger partial charge in [-0.15, -0.1) is 0 Å². The Morgan fingerprint density at radius 1 is 1.18 bits per heavy atom. The zero-order valence-electron chi connectivity index (χ0n) is 24.4. The van der Waals surface area contributed by atoms with Gasteiger partial charge in [0.2, 0.25) is 0 Å². The molecule has 11 atom stereocenters. The minimum absolute atomic E-state index is 0.0468. The van der Waals surface area contributed by atoms with Crippen molar-refractivity contribution in [1.29, 1.82) is 0 Å². The van der Waals surface area contributed by atoms with Crippen molar-refractivity contribution in [3.8, 4) is 0 Å². The van der Waals surface area contributed by atoms with E-state index in [9.17, 15) is 30.0 Å². The quantitative estimate of drug-likeness (QED) is 0.124. The molecule has 1 aliphatic heterocycles. The summed E-state index contributed by atoms with van der Waals surface area (Å²) in [7, 11) is 0. The third-order valence-corrected chi connectivity index (χ3v) is 8.88. The Morgan fingerprint density at radius 3 is 2.41 bits per heavy atom. The lowest BCUT2D eigenvalue weighted by molar-refractivity contribution is -0.151. The zero-order valence-corrected chi connectivity index (χ0v) is 26.0. The predicted octanol–water partition coefficient (Wildman–Crippen LogP) is 4.23. The van der Waals surface area contributed by atoms with Gasteiger partial charge in [0.25, 0.3) is 0 Å². The van der Waals surface area contributed by atoms with Crippen molar-refractivity contribution in [2.75, 3.05) is 0 Å². The van der Waals surface area contributed by atoms with Gasteiger partial charge in [0, 0.05) is 30.0 Å². The molecular formula is C30H49BrO8. The lowest BCUT2D eigenvalue weighted by Gasteiger charge is -2.29. The molecule has 0 radical (unpaired) electrons. The number of hydrogen-bond acceptors (Lipinski definition) is 8. The molecule has 0 amide bonds. The number of halogens is 1. The van der Waals surface area contributed by atoms with E-state index in [1.54, 1.807) is 13.0 Å². The van der Waals surface area contributed by atoms with E-state index in [2.05, 4.69) is 15.9 Å². The number of esters is 2. The van der Waals surface area contributed by atoms with Crippen LogP contribution in [0.25, 0.3) is 0 Å². The Labute approximate surface area is 242 Å². The maximum atomic E-state index is 12.6. The molecule has 11 unspecified atom stereocenters. The smallest absolute Gasteiger partial charge is 0.309 e. The minimum atomic E-state index is -1.09. The lowest BCUT2D eigenvalue weighted by Crippen LogP contribution is -2.36. The normalized spacial score (nSPS) is 32.2. The van der Waals surface area contributed by atoms with Gasteiger partial charge in [-0.3, -0.25) is 9.59 Å². The molecule has 224 valence electrons. The SMILES string of the molecule is CCC(O)C(C)C(Br)C(O)CC(C)/C=C/C=C(\C)C1OC(=O)CC(O)CC(O)C(C)C(OC(C)=O)/C=C\C1C. The molecule has 0 aromatic heterocycles. The second-order valence-corrected chi connectivity index (χ2v) is 12.2. The molecule has 0 spiro atoms. The van der Waals surface area contributed by atoms with Gasteiger partial charge in [0.1, 0.15) is 12.2 Å². The predicted molar refractivity (Wildman–Crippen MR) is 155 cm³/mol. The molecule has 4 N–H and O–H groups in total. The molecule has 0 bridgehead atoms. The molecule has 0 saturated heterocycles. The largest absolute Gasteiger partial charge is 0.458 e. The standard InChI is InChI=1S/C30H49BrO8/c1-8-24(34)21(6)29(31)26(36)14-17(2)10-9-11-18(3)30-19(4)12-13-27(38-22(7)32)20(5)25(35)15-23(33)16-28(37)39-30/h9-13,17,19-21,23-27,29-30,33-36H,8,14-16H2,1-7H3/b10-9+,13-12-,18-11+. The lowest BCUT2D eigenvalue weighted by atomic mass is 9.90. The van der Waals surface area contributed by atoms with Crippen LogP contribution in [0.4, 0.5) is 0 Å². The van der Waals surface area contributed by atoms with Crippen LogP contribution in [0, 0.1) is 23.7 Å². The Balaban J connectivity index is 3.06. The number of carbonyl (C=O) groups excluding carboxylic acids is 2. The number of aliphatic hydroxyl groups is 4. The van der Waals surface area contributed by atoms with Crippen LogP contribution in [-0.2, 0) is 19.1 Å². The Hall–Kier alpha value is -1.52. The number of hydrogen-bond donors (Lipinski definition) is 4. The minimum Gasteiger partial charge on any atom is -0.458 e. The van der Waals surface area contributed by atoms with Gasteiger partial charge in [-0.2, -0.15) is 0 Å². The number of rotatable bonds is 10. The highest BCUT2D eigenvalue weighted by Gasteiger charge is 2.31. The van der Waals surface area contributed by atoms with Crippen LogP contribution >= 0.6 is 15.9 Å². The van der Waals surface area contributed by atoms with Crippen molar-refractivity contribution >= 4 is 27.9 Å². The van der Waals surface area contributed by atoms with E-state index < -0.39 is 54.5 Å². The van der Waals surface area contributed by atoms with Crippen LogP contribution in [0.15, 0.2) is 36.0 Å². The Kier molecular flexibility index (Phi) is 15.8. The average Bonchev–Trinajstić information content (AvgIpc) is 2.86. The second-order valence-electron chi connectivity index (χ2n) is 11.1. The van der Waals surface area contributed by atoms with Gasteiger partial charge >= 0.3 is 11.9 Å². The van der Waals surface area contributed by atoms with Gasteiger partial charge in [-0.05, 0) is 43.3 Å². The van der Waals surface area contributed by atoms with Crippen LogP contribution in [0.5, 0.6) is 0 Å². The number of aliphatic hydroxyl groups excluding tert-OH is 4. The molecule has 0 aromatic rings. The van der Waals surface area contributed by atoms with Crippen molar-refractivity contribution in [2.24, 2.45) is 23.7 Å². The molecule has 0 saturated carbocycles. The van der Waals surface area contributed by atoms with Crippen molar-refractivity contribution in [3.05, 3.63) is 36.0 Å². The number of allylic oxidation sites excluding steroid dienone is 3. The summed E-state index contributed by atoms with van der Waals surface area (Å²) in [6, 6.07) is 0. The van der Waals surface area contributed by atoms with E-state index in [1.165, 1.54) is 6.92 Å². The van der Waals surface area contributed by atoms with Crippen LogP contribution in [-0.4, -0.2) is 73.8 Å². The first-order chi connectivity index (χ1) is 18.2. The van der Waals surface area contributed by atoms with Gasteiger partial charge in [-0.25, -0.2) is 0 Å². The highest BCUT2D eigenvalue weighted by atomic mass is 79.9. The summed E-state index contributed by atoms with van der Waals surface area (Å²) in [4.78, 5) is 24.0. The van der Waals surface area contributed by atoms with E-state index in [0.717, 1.165) is 5.57 Å². The fourth-order valence-corrected chi connectivity index (χ4v) is 5.28. The topological polar surface area (TPSA) is 134 Å². The highest BCUT2D eigenvalue weighted by Crippen LogP contribution is 2.27. The molecule has 0 aliphatic carbocycles. The fraction of sp³-hybridized carbons (Fsp3) is 0.733. The van der Waals surface area contributed by atoms with Crippen LogP contribution in [0.1, 0.15) is 74.1 Å². The van der Waals surface area contributed by atoms with Gasteiger partial charge in [0.05, 0.1) is 30.8 Å². The number of ether oxygens (including phenoxy) is 2. The molecule has 1 rings (SSSR count). The first-order valence-corrected chi connectivity index (χ1v) is 14.9. The summed E-state index contributed by atoms with van der Waals surface area (Å²) < 4.78 is 11.2. The van der Waals surface area contributed by atoms with Crippen molar-refractivity contribution in [1.82, 2.24) is 0 Å². The molecule has 1 aliphatic rings. The third-order valence-electron chi connectivity index (χ3n) is 7.44. The Morgan fingerprint density at radius 2 is 1.82 bits per heavy atom. The van der Waals surface area contributed by atoms with Crippen LogP contribution in [0.2, 0.25) is 0 Å². The second kappa shape index (κ2) is 17.3. The van der Waals surface area contributed by atoms with Gasteiger partial charge < -0.3 is 29.9 Å². The molecule has 1 heterocycles. The summed E-state index contributed by atoms with van der Waals surface area (Å²) >= 11 is 3.54. The number of cyclic esters (lactones) is 1. The maximum absolute atomic E-state index is 12.6. The van der Waals surface area contributed by atoms with Crippen LogP contribution in [0.3, 0.4) is 0 Å². The molecular weight excluding hydrogens is 568 g/mol. The van der Waals surface area contributed by atoms with Gasteiger partial charge in [0.15, 0.2) is 0 Å². The summed E-state index contributed by atoms with van der Waals surface area (Å²) in [5, 5.41) is 41.6. The van der Waals surface area contributed by atoms with Crippen molar-refractivity contribution in [2.45, 2.75) is 116 Å². The number of carbonyl (C=O) groups is 2.